The Kier molecular flexibility index (Phi) is 5.99. The Morgan fingerprint density at radius 3 is 2.34 bits per heavy atom. The summed E-state index contributed by atoms with van der Waals surface area (Å²) in [6, 6.07) is 20.7. The molecule has 0 spiro atoms. The van der Waals surface area contributed by atoms with Crippen LogP contribution < -0.4 is 10.2 Å². The van der Waals surface area contributed by atoms with Crippen molar-refractivity contribution in [2.24, 2.45) is 0 Å². The van der Waals surface area contributed by atoms with Crippen LogP contribution >= 0.6 is 0 Å². The molecule has 7 nitrogen and oxygen atoms in total. The number of hydrogen-bond donors (Lipinski definition) is 2. The van der Waals surface area contributed by atoms with Crippen molar-refractivity contribution in [3.05, 3.63) is 89.0 Å². The number of amides is 2. The van der Waals surface area contributed by atoms with E-state index in [1.807, 2.05) is 24.3 Å². The van der Waals surface area contributed by atoms with E-state index < -0.39 is 18.1 Å². The van der Waals surface area contributed by atoms with Crippen LogP contribution in [0.25, 0.3) is 11.1 Å². The summed E-state index contributed by atoms with van der Waals surface area (Å²) in [5.41, 5.74) is 6.31. The highest BCUT2D eigenvalue weighted by atomic mass is 16.5. The molecule has 2 amide bonds. The maximum absolute atomic E-state index is 12.9. The molecular weight excluding hydrogens is 444 g/mol. The number of benzene rings is 3. The highest BCUT2D eigenvalue weighted by molar-refractivity contribution is 5.98. The minimum atomic E-state index is -1.03. The number of nitrogens with zero attached hydrogens (tertiary/aromatic N) is 1. The Morgan fingerprint density at radius 2 is 1.69 bits per heavy atom. The van der Waals surface area contributed by atoms with Gasteiger partial charge in [0.25, 0.3) is 0 Å². The molecule has 0 fully saturated rings. The number of rotatable bonds is 6. The van der Waals surface area contributed by atoms with Gasteiger partial charge in [-0.3, -0.25) is 4.79 Å². The van der Waals surface area contributed by atoms with E-state index >= 15 is 0 Å². The first kappa shape index (κ1) is 22.7. The van der Waals surface area contributed by atoms with Crippen LogP contribution in [0.5, 0.6) is 0 Å². The number of alkyl carbamates (subject to hydrolysis) is 1. The second-order valence-electron chi connectivity index (χ2n) is 9.02. The number of carboxylic acid groups (broad SMARTS) is 1. The van der Waals surface area contributed by atoms with Gasteiger partial charge in [0, 0.05) is 30.6 Å². The van der Waals surface area contributed by atoms with E-state index in [2.05, 4.69) is 29.6 Å². The average Bonchev–Trinajstić information content (AvgIpc) is 3.41. The fraction of sp³-hybridized carbons (Fsp3) is 0.250. The number of ether oxygens (including phenoxy) is 1. The van der Waals surface area contributed by atoms with Crippen LogP contribution in [0.15, 0.2) is 66.7 Å². The second-order valence-corrected chi connectivity index (χ2v) is 9.02. The molecule has 3 aromatic carbocycles. The summed E-state index contributed by atoms with van der Waals surface area (Å²) in [6.07, 6.45) is 0.193. The normalized spacial score (nSPS) is 14.6. The minimum absolute atomic E-state index is 0.0328. The largest absolute Gasteiger partial charge is 0.478 e. The standard InChI is InChI=1S/C28H26N2O5/c1-17(14-26(31)30-13-12-18-10-11-19(27(32)33)15-25(18)30)29-28(34)35-16-24-22-8-4-2-6-20(22)21-7-3-5-9-23(21)24/h2-11,15,17,24H,12-14,16H2,1H3,(H,29,34)(H,32,33)/t17-/m0/s1. The molecule has 2 aliphatic rings. The van der Waals surface area contributed by atoms with Crippen molar-refractivity contribution >= 4 is 23.7 Å². The van der Waals surface area contributed by atoms with Crippen LogP contribution in [0.2, 0.25) is 0 Å². The number of fused-ring (bicyclic) bond motifs is 4. The van der Waals surface area contributed by atoms with Gasteiger partial charge >= 0.3 is 12.1 Å². The smallest absolute Gasteiger partial charge is 0.407 e. The Hall–Kier alpha value is -4.13. The van der Waals surface area contributed by atoms with Gasteiger partial charge in [-0.25, -0.2) is 9.59 Å². The molecular formula is C28H26N2O5. The summed E-state index contributed by atoms with van der Waals surface area (Å²) >= 11 is 0. The van der Waals surface area contributed by atoms with E-state index in [1.165, 1.54) is 6.07 Å². The predicted octanol–water partition coefficient (Wildman–Crippen LogP) is 4.59. The lowest BCUT2D eigenvalue weighted by Crippen LogP contribution is -2.39. The van der Waals surface area contributed by atoms with Gasteiger partial charge in [-0.2, -0.15) is 0 Å². The molecule has 0 bridgehead atoms. The van der Waals surface area contributed by atoms with Crippen LogP contribution in [-0.2, 0) is 16.0 Å². The fourth-order valence-electron chi connectivity index (χ4n) is 5.04. The zero-order chi connectivity index (χ0) is 24.5. The highest BCUT2D eigenvalue weighted by Crippen LogP contribution is 2.44. The summed E-state index contributed by atoms with van der Waals surface area (Å²) in [7, 11) is 0. The van der Waals surface area contributed by atoms with Crippen molar-refractivity contribution < 1.29 is 24.2 Å². The molecule has 7 heteroatoms. The van der Waals surface area contributed by atoms with Crippen LogP contribution in [0.3, 0.4) is 0 Å². The zero-order valence-electron chi connectivity index (χ0n) is 19.4. The van der Waals surface area contributed by atoms with Crippen molar-refractivity contribution in [1.82, 2.24) is 5.32 Å². The fourth-order valence-corrected chi connectivity index (χ4v) is 5.04. The van der Waals surface area contributed by atoms with E-state index in [0.717, 1.165) is 27.8 Å². The van der Waals surface area contributed by atoms with Crippen molar-refractivity contribution in [3.8, 4) is 11.1 Å². The average molecular weight is 471 g/mol. The van der Waals surface area contributed by atoms with Crippen molar-refractivity contribution in [2.45, 2.75) is 31.7 Å². The Balaban J connectivity index is 1.18. The van der Waals surface area contributed by atoms with Gasteiger partial charge in [-0.05, 0) is 53.3 Å². The number of aromatic carboxylic acids is 1. The van der Waals surface area contributed by atoms with Crippen LogP contribution in [-0.4, -0.2) is 42.3 Å². The first-order valence-corrected chi connectivity index (χ1v) is 11.7. The molecule has 0 saturated carbocycles. The lowest BCUT2D eigenvalue weighted by molar-refractivity contribution is -0.118. The van der Waals surface area contributed by atoms with E-state index in [1.54, 1.807) is 24.0 Å². The minimum Gasteiger partial charge on any atom is -0.478 e. The molecule has 1 atom stereocenters. The van der Waals surface area contributed by atoms with Crippen LogP contribution in [0, 0.1) is 0 Å². The van der Waals surface area contributed by atoms with Crippen molar-refractivity contribution in [2.75, 3.05) is 18.1 Å². The van der Waals surface area contributed by atoms with Gasteiger partial charge < -0.3 is 20.1 Å². The quantitative estimate of drug-likeness (QED) is 0.549. The lowest BCUT2D eigenvalue weighted by Gasteiger charge is -2.21. The summed E-state index contributed by atoms with van der Waals surface area (Å²) in [6.45, 7) is 2.46. The highest BCUT2D eigenvalue weighted by Gasteiger charge is 2.30. The number of carbonyl (C=O) groups excluding carboxylic acids is 2. The first-order chi connectivity index (χ1) is 16.9. The topological polar surface area (TPSA) is 95.9 Å². The SMILES string of the molecule is C[C@@H](CC(=O)N1CCc2ccc(C(=O)O)cc21)NC(=O)OCC1c2ccccc2-c2ccccc21. The summed E-state index contributed by atoms with van der Waals surface area (Å²) in [4.78, 5) is 38.3. The van der Waals surface area contributed by atoms with E-state index in [-0.39, 0.29) is 30.4 Å². The van der Waals surface area contributed by atoms with Crippen molar-refractivity contribution in [1.29, 1.82) is 0 Å². The van der Waals surface area contributed by atoms with E-state index in [0.29, 0.717) is 18.7 Å². The Labute approximate surface area is 203 Å². The van der Waals surface area contributed by atoms with Crippen LogP contribution in [0.4, 0.5) is 10.5 Å². The first-order valence-electron chi connectivity index (χ1n) is 11.7. The molecule has 1 heterocycles. The Bertz CT molecular complexity index is 1270. The van der Waals surface area contributed by atoms with Gasteiger partial charge in [0.05, 0.1) is 5.56 Å². The molecule has 35 heavy (non-hydrogen) atoms. The molecule has 178 valence electrons. The molecule has 1 aliphatic carbocycles. The Morgan fingerprint density at radius 1 is 1.03 bits per heavy atom. The molecule has 0 aromatic heterocycles. The third kappa shape index (κ3) is 4.37. The third-order valence-electron chi connectivity index (χ3n) is 6.72. The maximum atomic E-state index is 12.9. The zero-order valence-corrected chi connectivity index (χ0v) is 19.4. The molecule has 3 aromatic rings. The summed E-state index contributed by atoms with van der Waals surface area (Å²) in [5, 5.41) is 12.0. The number of carboxylic acids is 1. The number of hydrogen-bond acceptors (Lipinski definition) is 4. The van der Waals surface area contributed by atoms with E-state index in [4.69, 9.17) is 4.74 Å². The predicted molar refractivity (Wildman–Crippen MR) is 132 cm³/mol. The van der Waals surface area contributed by atoms with Gasteiger partial charge in [-0.1, -0.05) is 54.6 Å². The van der Waals surface area contributed by atoms with E-state index in [9.17, 15) is 19.5 Å². The number of nitrogens with one attached hydrogen (secondary N) is 1. The lowest BCUT2D eigenvalue weighted by atomic mass is 9.98. The van der Waals surface area contributed by atoms with Crippen molar-refractivity contribution in [3.63, 3.8) is 0 Å². The number of carbonyl (C=O) groups is 3. The molecule has 0 radical (unpaired) electrons. The maximum Gasteiger partial charge on any atom is 0.407 e. The summed E-state index contributed by atoms with van der Waals surface area (Å²) < 4.78 is 5.58. The molecule has 5 rings (SSSR count). The third-order valence-corrected chi connectivity index (χ3v) is 6.72. The molecule has 1 aliphatic heterocycles. The van der Waals surface area contributed by atoms with Crippen LogP contribution in [0.1, 0.15) is 46.3 Å². The number of anilines is 1. The molecule has 0 saturated heterocycles. The van der Waals surface area contributed by atoms with Gasteiger partial charge in [0.15, 0.2) is 0 Å². The molecule has 0 unspecified atom stereocenters. The second kappa shape index (κ2) is 9.25. The van der Waals surface area contributed by atoms with Gasteiger partial charge in [0.2, 0.25) is 5.91 Å². The molecule has 2 N–H and O–H groups in total. The van der Waals surface area contributed by atoms with Gasteiger partial charge in [0.1, 0.15) is 6.61 Å². The van der Waals surface area contributed by atoms with Gasteiger partial charge in [-0.15, -0.1) is 0 Å². The summed E-state index contributed by atoms with van der Waals surface area (Å²) in [5.74, 6) is -1.23. The monoisotopic (exact) mass is 470 g/mol.